The van der Waals surface area contributed by atoms with Crippen LogP contribution in [0.15, 0.2) is 61.3 Å². The molecule has 8 nitrogen and oxygen atoms in total. The number of hydrogen-bond acceptors (Lipinski definition) is 6. The van der Waals surface area contributed by atoms with Crippen molar-refractivity contribution in [3.63, 3.8) is 0 Å². The third-order valence-corrected chi connectivity index (χ3v) is 7.62. The number of rotatable bonds is 5. The number of nitrogens with zero attached hydrogens (tertiary/aromatic N) is 7. The summed E-state index contributed by atoms with van der Waals surface area (Å²) in [5.41, 5.74) is 4.35. The summed E-state index contributed by atoms with van der Waals surface area (Å²) >= 11 is 0. The Morgan fingerprint density at radius 1 is 1.06 bits per heavy atom. The second kappa shape index (κ2) is 8.57. The van der Waals surface area contributed by atoms with Crippen molar-refractivity contribution in [2.75, 3.05) is 31.1 Å². The average molecular weight is 463 g/mol. The van der Waals surface area contributed by atoms with E-state index in [2.05, 4.69) is 59.9 Å². The summed E-state index contributed by atoms with van der Waals surface area (Å²) in [6, 6.07) is 17.2. The van der Waals surface area contributed by atoms with E-state index in [1.807, 2.05) is 36.5 Å². The maximum absolute atomic E-state index is 9.63. The molecule has 4 aromatic rings. The third kappa shape index (κ3) is 3.63. The second-order valence-corrected chi connectivity index (χ2v) is 9.58. The van der Waals surface area contributed by atoms with Gasteiger partial charge in [-0.25, -0.2) is 9.97 Å². The summed E-state index contributed by atoms with van der Waals surface area (Å²) in [5, 5.41) is 20.1. The molecule has 0 atom stereocenters. The standard InChI is InChI=1S/C27H26N8/c28-10-9-27(35-14-6-21(16-35)25-23-5-11-30-26(23)32-19-31-25)17-34(18-27)22-7-12-33(13-8-22)24-4-2-1-3-20(24)15-29/h1-6,11,14,16,19,22H,7-9,12-13,17-18H2,(H,30,31,32). The van der Waals surface area contributed by atoms with Crippen LogP contribution in [0.1, 0.15) is 24.8 Å². The minimum absolute atomic E-state index is 0.207. The maximum Gasteiger partial charge on any atom is 0.141 e. The van der Waals surface area contributed by atoms with Gasteiger partial charge in [-0.3, -0.25) is 4.90 Å². The first-order valence-corrected chi connectivity index (χ1v) is 12.0. The number of piperidine rings is 1. The molecule has 0 radical (unpaired) electrons. The van der Waals surface area contributed by atoms with Gasteiger partial charge >= 0.3 is 0 Å². The molecule has 174 valence electrons. The number of anilines is 1. The molecule has 1 N–H and O–H groups in total. The van der Waals surface area contributed by atoms with Crippen LogP contribution in [-0.2, 0) is 5.54 Å². The Kier molecular flexibility index (Phi) is 5.24. The topological polar surface area (TPSA) is 101 Å². The number of H-pyrrole nitrogens is 1. The van der Waals surface area contributed by atoms with Gasteiger partial charge in [-0.05, 0) is 37.1 Å². The molecule has 0 bridgehead atoms. The molecule has 1 aromatic carbocycles. The van der Waals surface area contributed by atoms with E-state index in [9.17, 15) is 10.5 Å². The van der Waals surface area contributed by atoms with Gasteiger partial charge in [0, 0.05) is 61.8 Å². The van der Waals surface area contributed by atoms with E-state index < -0.39 is 0 Å². The molecule has 0 unspecified atom stereocenters. The van der Waals surface area contributed by atoms with Crippen molar-refractivity contribution in [2.45, 2.75) is 30.8 Å². The van der Waals surface area contributed by atoms with E-state index in [4.69, 9.17) is 0 Å². The Hall–Kier alpha value is -4.14. The maximum atomic E-state index is 9.63. The summed E-state index contributed by atoms with van der Waals surface area (Å²) in [4.78, 5) is 16.8. The average Bonchev–Trinajstić information content (AvgIpc) is 3.56. The summed E-state index contributed by atoms with van der Waals surface area (Å²) < 4.78 is 2.22. The zero-order chi connectivity index (χ0) is 23.8. The number of benzene rings is 1. The molecule has 35 heavy (non-hydrogen) atoms. The Morgan fingerprint density at radius 3 is 2.69 bits per heavy atom. The molecule has 2 aliphatic rings. The van der Waals surface area contributed by atoms with Crippen LogP contribution in [0.2, 0.25) is 0 Å². The van der Waals surface area contributed by atoms with Crippen LogP contribution in [0, 0.1) is 22.7 Å². The first-order valence-electron chi connectivity index (χ1n) is 12.0. The van der Waals surface area contributed by atoms with E-state index in [1.54, 1.807) is 6.33 Å². The van der Waals surface area contributed by atoms with Gasteiger partial charge in [0.2, 0.25) is 0 Å². The molecular weight excluding hydrogens is 436 g/mol. The van der Waals surface area contributed by atoms with Crippen molar-refractivity contribution < 1.29 is 0 Å². The Balaban J connectivity index is 1.16. The smallest absolute Gasteiger partial charge is 0.141 e. The number of hydrogen-bond donors (Lipinski definition) is 1. The fourth-order valence-corrected chi connectivity index (χ4v) is 5.73. The fraction of sp³-hybridized carbons (Fsp3) is 0.333. The minimum atomic E-state index is -0.207. The fourth-order valence-electron chi connectivity index (χ4n) is 5.73. The second-order valence-electron chi connectivity index (χ2n) is 9.58. The van der Waals surface area contributed by atoms with E-state index in [0.717, 1.165) is 72.6 Å². The molecule has 0 aliphatic carbocycles. The lowest BCUT2D eigenvalue weighted by atomic mass is 9.83. The van der Waals surface area contributed by atoms with Crippen molar-refractivity contribution >= 4 is 16.7 Å². The van der Waals surface area contributed by atoms with Gasteiger partial charge in [0.1, 0.15) is 18.0 Å². The van der Waals surface area contributed by atoms with Crippen LogP contribution >= 0.6 is 0 Å². The molecule has 2 saturated heterocycles. The lowest BCUT2D eigenvalue weighted by molar-refractivity contribution is -0.0251. The number of fused-ring (bicyclic) bond motifs is 1. The largest absolute Gasteiger partial charge is 0.370 e. The molecule has 0 saturated carbocycles. The van der Waals surface area contributed by atoms with E-state index in [1.165, 1.54) is 0 Å². The van der Waals surface area contributed by atoms with Crippen LogP contribution < -0.4 is 4.90 Å². The van der Waals surface area contributed by atoms with Crippen molar-refractivity contribution in [1.29, 1.82) is 10.5 Å². The van der Waals surface area contributed by atoms with E-state index >= 15 is 0 Å². The highest BCUT2D eigenvalue weighted by molar-refractivity contribution is 5.90. The number of likely N-dealkylation sites (tertiary alicyclic amines) is 1. The van der Waals surface area contributed by atoms with Gasteiger partial charge in [0.15, 0.2) is 0 Å². The molecule has 2 fully saturated rings. The van der Waals surface area contributed by atoms with Gasteiger partial charge < -0.3 is 14.5 Å². The predicted octanol–water partition coefficient (Wildman–Crippen LogP) is 3.89. The Bertz CT molecular complexity index is 1440. The van der Waals surface area contributed by atoms with Crippen LogP contribution in [0.3, 0.4) is 0 Å². The minimum Gasteiger partial charge on any atom is -0.370 e. The number of nitrogens with one attached hydrogen (secondary N) is 1. The van der Waals surface area contributed by atoms with Gasteiger partial charge in [-0.15, -0.1) is 0 Å². The first kappa shape index (κ1) is 21.4. The number of para-hydroxylation sites is 1. The molecule has 8 heteroatoms. The molecule has 0 spiro atoms. The SMILES string of the molecule is N#CCC1(n2ccc(-c3ncnc4[nH]ccc34)c2)CN(C2CCN(c3ccccc3C#N)CC2)C1. The number of aromatic nitrogens is 4. The van der Waals surface area contributed by atoms with Crippen molar-refractivity contribution in [3.05, 3.63) is 66.9 Å². The van der Waals surface area contributed by atoms with Crippen LogP contribution in [0.5, 0.6) is 0 Å². The number of aromatic amines is 1. The van der Waals surface area contributed by atoms with E-state index in [-0.39, 0.29) is 5.54 Å². The molecule has 6 rings (SSSR count). The van der Waals surface area contributed by atoms with Gasteiger partial charge in [-0.1, -0.05) is 12.1 Å². The summed E-state index contributed by atoms with van der Waals surface area (Å²) in [6.45, 7) is 3.63. The van der Waals surface area contributed by atoms with Crippen molar-refractivity contribution in [2.24, 2.45) is 0 Å². The molecule has 0 amide bonds. The lowest BCUT2D eigenvalue weighted by Crippen LogP contribution is -2.66. The molecule has 5 heterocycles. The highest BCUT2D eigenvalue weighted by atomic mass is 15.3. The number of nitriles is 2. The lowest BCUT2D eigenvalue weighted by Gasteiger charge is -2.54. The van der Waals surface area contributed by atoms with Gasteiger partial charge in [0.05, 0.1) is 35.0 Å². The molecule has 2 aliphatic heterocycles. The zero-order valence-electron chi connectivity index (χ0n) is 19.4. The summed E-state index contributed by atoms with van der Waals surface area (Å²) in [6.07, 6.45) is 10.3. The van der Waals surface area contributed by atoms with Crippen LogP contribution in [-0.4, -0.2) is 56.6 Å². The van der Waals surface area contributed by atoms with Crippen molar-refractivity contribution in [3.8, 4) is 23.4 Å². The normalized spacial score (nSPS) is 18.2. The highest BCUT2D eigenvalue weighted by Gasteiger charge is 2.47. The summed E-state index contributed by atoms with van der Waals surface area (Å²) in [5.74, 6) is 0. The first-order chi connectivity index (χ1) is 17.2. The van der Waals surface area contributed by atoms with Gasteiger partial charge in [0.25, 0.3) is 0 Å². The molecular formula is C27H26N8. The summed E-state index contributed by atoms with van der Waals surface area (Å²) in [7, 11) is 0. The Morgan fingerprint density at radius 2 is 1.89 bits per heavy atom. The monoisotopic (exact) mass is 462 g/mol. The third-order valence-electron chi connectivity index (χ3n) is 7.62. The van der Waals surface area contributed by atoms with Crippen LogP contribution in [0.4, 0.5) is 5.69 Å². The zero-order valence-corrected chi connectivity index (χ0v) is 19.4. The van der Waals surface area contributed by atoms with E-state index in [0.29, 0.717) is 12.5 Å². The van der Waals surface area contributed by atoms with Crippen molar-refractivity contribution in [1.82, 2.24) is 24.4 Å². The highest BCUT2D eigenvalue weighted by Crippen LogP contribution is 2.38. The Labute approximate surface area is 204 Å². The van der Waals surface area contributed by atoms with Gasteiger partial charge in [-0.2, -0.15) is 10.5 Å². The van der Waals surface area contributed by atoms with Crippen LogP contribution in [0.25, 0.3) is 22.3 Å². The molecule has 3 aromatic heterocycles. The predicted molar refractivity (Wildman–Crippen MR) is 133 cm³/mol. The quantitative estimate of drug-likeness (QED) is 0.483.